The molecule has 10 nitrogen and oxygen atoms in total. The van der Waals surface area contributed by atoms with E-state index in [-0.39, 0.29) is 17.7 Å². The molecular formula is C20H29N7O3. The summed E-state index contributed by atoms with van der Waals surface area (Å²) in [4.78, 5) is 38.1. The Kier molecular flexibility index (Phi) is 6.99. The lowest BCUT2D eigenvalue weighted by atomic mass is 9.99. The molecule has 2 aromatic heterocycles. The lowest BCUT2D eigenvalue weighted by molar-refractivity contribution is 0.0784. The summed E-state index contributed by atoms with van der Waals surface area (Å²) < 4.78 is 6.73. The van der Waals surface area contributed by atoms with E-state index < -0.39 is 0 Å². The molecule has 2 aromatic rings. The molecule has 3 heterocycles. The summed E-state index contributed by atoms with van der Waals surface area (Å²) >= 11 is 0. The van der Waals surface area contributed by atoms with E-state index in [2.05, 4.69) is 20.4 Å². The number of hydrogen-bond acceptors (Lipinski definition) is 7. The Labute approximate surface area is 176 Å². The fourth-order valence-electron chi connectivity index (χ4n) is 3.43. The first-order valence-electron chi connectivity index (χ1n) is 10.1. The number of anilines is 1. The predicted molar refractivity (Wildman–Crippen MR) is 112 cm³/mol. The van der Waals surface area contributed by atoms with Crippen LogP contribution in [0, 0.1) is 0 Å². The van der Waals surface area contributed by atoms with E-state index in [1.807, 2.05) is 21.0 Å². The van der Waals surface area contributed by atoms with Gasteiger partial charge in [0.1, 0.15) is 5.69 Å². The molecule has 30 heavy (non-hydrogen) atoms. The van der Waals surface area contributed by atoms with Crippen molar-refractivity contribution in [2.75, 3.05) is 52.3 Å². The van der Waals surface area contributed by atoms with Crippen LogP contribution in [-0.4, -0.2) is 83.9 Å². The number of likely N-dealkylation sites (tertiary alicyclic amines) is 1. The van der Waals surface area contributed by atoms with E-state index in [0.717, 1.165) is 6.42 Å². The maximum atomic E-state index is 12.8. The summed E-state index contributed by atoms with van der Waals surface area (Å²) in [5, 5.41) is 7.14. The van der Waals surface area contributed by atoms with Gasteiger partial charge >= 0.3 is 0 Å². The molecule has 1 saturated heterocycles. The molecule has 0 aliphatic carbocycles. The highest BCUT2D eigenvalue weighted by atomic mass is 16.5. The average Bonchev–Trinajstić information content (AvgIpc) is 3.42. The Balaban J connectivity index is 1.80. The van der Waals surface area contributed by atoms with Gasteiger partial charge in [-0.3, -0.25) is 14.3 Å². The van der Waals surface area contributed by atoms with E-state index in [4.69, 9.17) is 4.74 Å². The molecule has 1 N–H and O–H groups in total. The molecule has 10 heteroatoms. The van der Waals surface area contributed by atoms with Gasteiger partial charge in [0.2, 0.25) is 5.95 Å². The second-order valence-corrected chi connectivity index (χ2v) is 7.41. The van der Waals surface area contributed by atoms with Crippen molar-refractivity contribution < 1.29 is 14.3 Å². The van der Waals surface area contributed by atoms with Crippen LogP contribution >= 0.6 is 0 Å². The van der Waals surface area contributed by atoms with Crippen LogP contribution < -0.4 is 10.2 Å². The quantitative estimate of drug-likeness (QED) is 0.635. The minimum Gasteiger partial charge on any atom is -0.383 e. The van der Waals surface area contributed by atoms with Crippen LogP contribution in [0.4, 0.5) is 5.95 Å². The molecule has 0 radical (unpaired) electrons. The Morgan fingerprint density at radius 2 is 2.17 bits per heavy atom. The highest BCUT2D eigenvalue weighted by Crippen LogP contribution is 2.30. The van der Waals surface area contributed by atoms with Crippen LogP contribution in [0.3, 0.4) is 0 Å². The zero-order valence-electron chi connectivity index (χ0n) is 18.0. The Morgan fingerprint density at radius 3 is 2.83 bits per heavy atom. The van der Waals surface area contributed by atoms with Crippen molar-refractivity contribution in [3.63, 3.8) is 0 Å². The Hall–Kier alpha value is -3.01. The van der Waals surface area contributed by atoms with E-state index in [1.54, 1.807) is 40.1 Å². The molecule has 1 atom stereocenters. The van der Waals surface area contributed by atoms with Crippen molar-refractivity contribution in [3.8, 4) is 0 Å². The van der Waals surface area contributed by atoms with Gasteiger partial charge in [-0.25, -0.2) is 9.97 Å². The number of amides is 2. The number of ether oxygens (including phenoxy) is 1. The molecule has 162 valence electrons. The van der Waals surface area contributed by atoms with E-state index in [1.165, 1.54) is 0 Å². The van der Waals surface area contributed by atoms with Crippen LogP contribution in [0.25, 0.3) is 0 Å². The maximum Gasteiger partial charge on any atom is 0.274 e. The van der Waals surface area contributed by atoms with Gasteiger partial charge in [-0.15, -0.1) is 0 Å². The summed E-state index contributed by atoms with van der Waals surface area (Å²) in [7, 11) is 5.29. The van der Waals surface area contributed by atoms with Crippen molar-refractivity contribution in [1.29, 1.82) is 0 Å². The smallest absolute Gasteiger partial charge is 0.274 e. The third-order valence-corrected chi connectivity index (χ3v) is 5.09. The second-order valence-electron chi connectivity index (χ2n) is 7.41. The number of aryl methyl sites for hydroxylation is 1. The lowest BCUT2D eigenvalue weighted by Crippen LogP contribution is -2.31. The molecular weight excluding hydrogens is 386 g/mol. The summed E-state index contributed by atoms with van der Waals surface area (Å²) in [6.45, 7) is 4.59. The minimum atomic E-state index is -0.237. The fourth-order valence-corrected chi connectivity index (χ4v) is 3.43. The molecule has 1 aliphatic rings. The lowest BCUT2D eigenvalue weighted by Gasteiger charge is -2.19. The first-order chi connectivity index (χ1) is 14.4. The standard InChI is InChI=1S/C20H29N7O3/c1-5-27-10-7-16(24-27)19(29)26-9-6-14(13-26)17-15(18(28)21-8-11-30-4)12-22-20(23-17)25(2)3/h7,10,12,14H,5-6,8-9,11,13H2,1-4H3,(H,21,28). The minimum absolute atomic E-state index is 0.0490. The van der Waals surface area contributed by atoms with Gasteiger partial charge in [0.25, 0.3) is 11.8 Å². The summed E-state index contributed by atoms with van der Waals surface area (Å²) in [5.74, 6) is 0.147. The molecule has 1 fully saturated rings. The van der Waals surface area contributed by atoms with Gasteiger partial charge in [0.15, 0.2) is 0 Å². The third kappa shape index (κ3) is 4.76. The number of nitrogens with one attached hydrogen (secondary N) is 1. The molecule has 1 unspecified atom stereocenters. The van der Waals surface area contributed by atoms with Crippen LogP contribution in [0.1, 0.15) is 45.8 Å². The van der Waals surface area contributed by atoms with E-state index in [9.17, 15) is 9.59 Å². The predicted octanol–water partition coefficient (Wildman–Crippen LogP) is 0.765. The van der Waals surface area contributed by atoms with Crippen molar-refractivity contribution in [3.05, 3.63) is 35.4 Å². The molecule has 0 bridgehead atoms. The number of hydrogen-bond donors (Lipinski definition) is 1. The van der Waals surface area contributed by atoms with Gasteiger partial charge in [0, 0.05) is 65.7 Å². The zero-order valence-corrected chi connectivity index (χ0v) is 18.0. The number of carbonyl (C=O) groups is 2. The molecule has 1 aliphatic heterocycles. The van der Waals surface area contributed by atoms with Gasteiger partial charge in [-0.1, -0.05) is 0 Å². The van der Waals surface area contributed by atoms with Gasteiger partial charge in [0.05, 0.1) is 17.9 Å². The monoisotopic (exact) mass is 415 g/mol. The molecule has 0 aromatic carbocycles. The number of methoxy groups -OCH3 is 1. The second kappa shape index (κ2) is 9.66. The fraction of sp³-hybridized carbons (Fsp3) is 0.550. The highest BCUT2D eigenvalue weighted by Gasteiger charge is 2.32. The Bertz CT molecular complexity index is 896. The van der Waals surface area contributed by atoms with Gasteiger partial charge in [-0.2, -0.15) is 5.10 Å². The van der Waals surface area contributed by atoms with Gasteiger partial charge < -0.3 is 19.9 Å². The first-order valence-corrected chi connectivity index (χ1v) is 10.1. The zero-order chi connectivity index (χ0) is 21.7. The van der Waals surface area contributed by atoms with Crippen LogP contribution in [0.2, 0.25) is 0 Å². The molecule has 0 saturated carbocycles. The first kappa shape index (κ1) is 21.7. The summed E-state index contributed by atoms with van der Waals surface area (Å²) in [5.41, 5.74) is 1.54. The van der Waals surface area contributed by atoms with E-state index in [0.29, 0.717) is 55.7 Å². The van der Waals surface area contributed by atoms with Crippen molar-refractivity contribution in [1.82, 2.24) is 30.0 Å². The molecule has 0 spiro atoms. The molecule has 3 rings (SSSR count). The number of aromatic nitrogens is 4. The highest BCUT2D eigenvalue weighted by molar-refractivity contribution is 5.95. The Morgan fingerprint density at radius 1 is 1.37 bits per heavy atom. The van der Waals surface area contributed by atoms with Crippen molar-refractivity contribution >= 4 is 17.8 Å². The third-order valence-electron chi connectivity index (χ3n) is 5.09. The number of rotatable bonds is 8. The summed E-state index contributed by atoms with van der Waals surface area (Å²) in [6, 6.07) is 1.74. The maximum absolute atomic E-state index is 12.8. The molecule has 2 amide bonds. The van der Waals surface area contributed by atoms with Crippen LogP contribution in [-0.2, 0) is 11.3 Å². The topological polar surface area (TPSA) is 105 Å². The van der Waals surface area contributed by atoms with E-state index >= 15 is 0 Å². The van der Waals surface area contributed by atoms with Gasteiger partial charge in [-0.05, 0) is 19.4 Å². The SMILES string of the molecule is CCn1ccc(C(=O)N2CCC(c3nc(N(C)C)ncc3C(=O)NCCOC)C2)n1. The van der Waals surface area contributed by atoms with Crippen LogP contribution in [0.15, 0.2) is 18.5 Å². The number of carbonyl (C=O) groups excluding carboxylic acids is 2. The van der Waals surface area contributed by atoms with Crippen molar-refractivity contribution in [2.24, 2.45) is 0 Å². The summed E-state index contributed by atoms with van der Waals surface area (Å²) in [6.07, 6.45) is 4.09. The number of nitrogens with zero attached hydrogens (tertiary/aromatic N) is 6. The normalized spacial score (nSPS) is 16.0. The largest absolute Gasteiger partial charge is 0.383 e. The van der Waals surface area contributed by atoms with Crippen LogP contribution in [0.5, 0.6) is 0 Å². The average molecular weight is 415 g/mol. The van der Waals surface area contributed by atoms with Crippen molar-refractivity contribution in [2.45, 2.75) is 25.8 Å².